The molecule has 11 atom stereocenters. The summed E-state index contributed by atoms with van der Waals surface area (Å²) >= 11 is 0. The smallest absolute Gasteiger partial charge is 0.104 e. The SMILES string of the molecule is OC(COC1CCC2CC1CC2OCC1CO1)COC1CC2CC1CCC2OCC1CO1. The topological polar surface area (TPSA) is 82.2 Å². The molecule has 0 spiro atoms. The van der Waals surface area contributed by atoms with Gasteiger partial charge in [0.2, 0.25) is 0 Å². The van der Waals surface area contributed by atoms with Crippen LogP contribution < -0.4 is 0 Å². The van der Waals surface area contributed by atoms with Crippen LogP contribution in [0.2, 0.25) is 0 Å². The van der Waals surface area contributed by atoms with E-state index in [2.05, 4.69) is 0 Å². The van der Waals surface area contributed by atoms with Crippen LogP contribution in [0.25, 0.3) is 0 Å². The number of aliphatic hydroxyl groups excluding tert-OH is 1. The number of fused-ring (bicyclic) bond motifs is 4. The van der Waals surface area contributed by atoms with Gasteiger partial charge in [-0.3, -0.25) is 0 Å². The zero-order valence-electron chi connectivity index (χ0n) is 19.1. The highest BCUT2D eigenvalue weighted by Crippen LogP contribution is 2.46. The van der Waals surface area contributed by atoms with Gasteiger partial charge in [0.05, 0.1) is 64.1 Å². The van der Waals surface area contributed by atoms with Crippen LogP contribution in [0, 0.1) is 23.7 Å². The highest BCUT2D eigenvalue weighted by Gasteiger charge is 2.45. The maximum absolute atomic E-state index is 10.5. The van der Waals surface area contributed by atoms with Crippen molar-refractivity contribution >= 4 is 0 Å². The predicted octanol–water partition coefficient (Wildman–Crippen LogP) is 2.33. The van der Waals surface area contributed by atoms with Gasteiger partial charge in [0.1, 0.15) is 18.3 Å². The molecule has 6 rings (SSSR count). The Morgan fingerprint density at radius 3 is 1.62 bits per heavy atom. The lowest BCUT2D eigenvalue weighted by molar-refractivity contribution is -0.0843. The van der Waals surface area contributed by atoms with E-state index in [-0.39, 0.29) is 12.2 Å². The van der Waals surface area contributed by atoms with E-state index in [4.69, 9.17) is 28.4 Å². The van der Waals surface area contributed by atoms with Crippen molar-refractivity contribution in [3.8, 4) is 0 Å². The van der Waals surface area contributed by atoms with E-state index in [0.29, 0.717) is 61.3 Å². The first kappa shape index (κ1) is 22.2. The van der Waals surface area contributed by atoms with E-state index >= 15 is 0 Å². The fraction of sp³-hybridized carbons (Fsp3) is 1.00. The van der Waals surface area contributed by atoms with E-state index in [1.807, 2.05) is 0 Å². The van der Waals surface area contributed by atoms with Gasteiger partial charge in [0.25, 0.3) is 0 Å². The molecule has 4 bridgehead atoms. The summed E-state index contributed by atoms with van der Waals surface area (Å²) in [5, 5.41) is 10.5. The van der Waals surface area contributed by atoms with Gasteiger partial charge in [-0.1, -0.05) is 0 Å². The molecule has 6 aliphatic rings. The molecule has 0 amide bonds. The van der Waals surface area contributed by atoms with Crippen molar-refractivity contribution in [3.63, 3.8) is 0 Å². The van der Waals surface area contributed by atoms with Gasteiger partial charge in [-0.25, -0.2) is 0 Å². The molecule has 0 aromatic rings. The molecule has 32 heavy (non-hydrogen) atoms. The summed E-state index contributed by atoms with van der Waals surface area (Å²) in [6.45, 7) is 3.97. The largest absolute Gasteiger partial charge is 0.388 e. The Hall–Kier alpha value is -0.280. The average molecular weight is 453 g/mol. The minimum absolute atomic E-state index is 0.255. The zero-order valence-corrected chi connectivity index (χ0v) is 19.1. The Balaban J connectivity index is 0.889. The monoisotopic (exact) mass is 452 g/mol. The summed E-state index contributed by atoms with van der Waals surface area (Å²) in [4.78, 5) is 0. The fourth-order valence-corrected chi connectivity index (χ4v) is 6.85. The molecule has 2 saturated heterocycles. The third-order valence-corrected chi connectivity index (χ3v) is 8.83. The summed E-state index contributed by atoms with van der Waals surface area (Å²) in [5.74, 6) is 2.47. The molecule has 7 nitrogen and oxygen atoms in total. The number of rotatable bonds is 12. The van der Waals surface area contributed by atoms with Crippen molar-refractivity contribution in [1.29, 1.82) is 0 Å². The Morgan fingerprint density at radius 1 is 0.594 bits per heavy atom. The van der Waals surface area contributed by atoms with Gasteiger partial charge in [-0.05, 0) is 75.0 Å². The zero-order chi connectivity index (χ0) is 21.5. The van der Waals surface area contributed by atoms with Gasteiger partial charge in [-0.2, -0.15) is 0 Å². The van der Waals surface area contributed by atoms with E-state index in [1.165, 1.54) is 25.7 Å². The quantitative estimate of drug-likeness (QED) is 0.455. The van der Waals surface area contributed by atoms with Crippen molar-refractivity contribution in [2.24, 2.45) is 23.7 Å². The molecular formula is C25H40O7. The maximum atomic E-state index is 10.5. The van der Waals surface area contributed by atoms with Crippen molar-refractivity contribution in [2.75, 3.05) is 39.6 Å². The summed E-state index contributed by atoms with van der Waals surface area (Å²) in [7, 11) is 0. The predicted molar refractivity (Wildman–Crippen MR) is 115 cm³/mol. The Bertz CT molecular complexity index is 603. The lowest BCUT2D eigenvalue weighted by Crippen LogP contribution is -2.32. The Labute approximate surface area is 191 Å². The van der Waals surface area contributed by atoms with Gasteiger partial charge >= 0.3 is 0 Å². The summed E-state index contributed by atoms with van der Waals surface area (Å²) in [5.41, 5.74) is 0. The Morgan fingerprint density at radius 2 is 1.06 bits per heavy atom. The first-order valence-electron chi connectivity index (χ1n) is 13.1. The second-order valence-corrected chi connectivity index (χ2v) is 11.2. The summed E-state index contributed by atoms with van der Waals surface area (Å²) in [6, 6.07) is 0. The molecule has 4 saturated carbocycles. The van der Waals surface area contributed by atoms with Gasteiger partial charge < -0.3 is 33.5 Å². The van der Waals surface area contributed by atoms with Crippen LogP contribution in [-0.4, -0.2) is 87.5 Å². The third kappa shape index (κ3) is 5.35. The average Bonchev–Trinajstić information content (AvgIpc) is 3.73. The molecule has 0 aromatic carbocycles. The molecule has 4 aliphatic carbocycles. The van der Waals surface area contributed by atoms with Crippen molar-refractivity contribution in [1.82, 2.24) is 0 Å². The molecule has 0 radical (unpaired) electrons. The molecule has 182 valence electrons. The standard InChI is InChI=1S/C25H40O7/c26-19(9-29-22-3-1-16-6-17(22)8-25(16)32-14-21-12-28-21)10-30-24-7-18-5-15(24)2-4-23(18)31-13-20-11-27-20/h15-26H,1-14H2. The van der Waals surface area contributed by atoms with Crippen LogP contribution in [0.15, 0.2) is 0 Å². The van der Waals surface area contributed by atoms with Gasteiger partial charge in [0, 0.05) is 0 Å². The molecule has 2 aliphatic heterocycles. The van der Waals surface area contributed by atoms with Crippen molar-refractivity contribution < 1.29 is 33.5 Å². The van der Waals surface area contributed by atoms with Crippen LogP contribution >= 0.6 is 0 Å². The van der Waals surface area contributed by atoms with E-state index < -0.39 is 6.10 Å². The number of aliphatic hydroxyl groups is 1. The second kappa shape index (κ2) is 9.76. The highest BCUT2D eigenvalue weighted by molar-refractivity contribution is 4.95. The minimum Gasteiger partial charge on any atom is -0.388 e. The van der Waals surface area contributed by atoms with Crippen LogP contribution in [0.5, 0.6) is 0 Å². The minimum atomic E-state index is -0.548. The molecular weight excluding hydrogens is 412 g/mol. The van der Waals surface area contributed by atoms with E-state index in [1.54, 1.807) is 0 Å². The summed E-state index contributed by atoms with van der Waals surface area (Å²) in [6.07, 6.45) is 10.5. The fourth-order valence-electron chi connectivity index (χ4n) is 6.85. The third-order valence-electron chi connectivity index (χ3n) is 8.83. The number of hydrogen-bond acceptors (Lipinski definition) is 7. The lowest BCUT2D eigenvalue weighted by Gasteiger charge is -2.30. The van der Waals surface area contributed by atoms with Crippen LogP contribution in [0.1, 0.15) is 51.4 Å². The number of hydrogen-bond donors (Lipinski definition) is 1. The molecule has 11 unspecified atom stereocenters. The van der Waals surface area contributed by atoms with Crippen molar-refractivity contribution in [3.05, 3.63) is 0 Å². The van der Waals surface area contributed by atoms with E-state index in [0.717, 1.165) is 52.1 Å². The first-order valence-corrected chi connectivity index (χ1v) is 13.1. The second-order valence-electron chi connectivity index (χ2n) is 11.2. The molecule has 1 N–H and O–H groups in total. The van der Waals surface area contributed by atoms with Gasteiger partial charge in [0.15, 0.2) is 0 Å². The Kier molecular flexibility index (Phi) is 6.77. The number of ether oxygens (including phenoxy) is 6. The number of epoxide rings is 2. The molecule has 7 heteroatoms. The van der Waals surface area contributed by atoms with Crippen molar-refractivity contribution in [2.45, 2.75) is 94.1 Å². The molecule has 6 fully saturated rings. The van der Waals surface area contributed by atoms with E-state index in [9.17, 15) is 5.11 Å². The molecule has 0 aromatic heterocycles. The van der Waals surface area contributed by atoms with Gasteiger partial charge in [-0.15, -0.1) is 0 Å². The first-order chi connectivity index (χ1) is 15.7. The normalized spacial score (nSPS) is 47.5. The lowest BCUT2D eigenvalue weighted by atomic mass is 9.86. The summed E-state index contributed by atoms with van der Waals surface area (Å²) < 4.78 is 35.2. The van der Waals surface area contributed by atoms with Crippen LogP contribution in [0.3, 0.4) is 0 Å². The van der Waals surface area contributed by atoms with Crippen LogP contribution in [-0.2, 0) is 28.4 Å². The van der Waals surface area contributed by atoms with Crippen LogP contribution in [0.4, 0.5) is 0 Å². The highest BCUT2D eigenvalue weighted by atomic mass is 16.6. The molecule has 2 heterocycles. The maximum Gasteiger partial charge on any atom is 0.104 e.